The lowest BCUT2D eigenvalue weighted by Crippen LogP contribution is -2.34. The summed E-state index contributed by atoms with van der Waals surface area (Å²) < 4.78 is 11.3. The summed E-state index contributed by atoms with van der Waals surface area (Å²) >= 11 is 0. The normalized spacial score (nSPS) is 11.8. The Balaban J connectivity index is 1.11. The molecule has 10 heteroatoms. The zero-order chi connectivity index (χ0) is 44.9. The molecule has 0 N–H and O–H groups in total. The standard InChI is InChI=1S/C52H62N4O6/c1-51(2,3)61-49(59)55(9)33-45-39-25-15-11-21-35(39)43(36-22-12-16-26-40(36)45)31-53(7)47(57)29-19-20-30-48(58)54(8)32-44-37-23-13-17-27-41(37)46(42-28-18-14-24-38(42)44)34-56(10)50(60)62-52(4,5)6/h11-18,21-28H,19-20,29-34H2,1-10H3. The van der Waals surface area contributed by atoms with Crippen LogP contribution in [0.5, 0.6) is 0 Å². The second-order valence-corrected chi connectivity index (χ2v) is 18.5. The number of hydrogen-bond acceptors (Lipinski definition) is 6. The number of carbonyl (C=O) groups is 4. The minimum atomic E-state index is -0.604. The first-order valence-electron chi connectivity index (χ1n) is 21.5. The fourth-order valence-corrected chi connectivity index (χ4v) is 8.17. The summed E-state index contributed by atoms with van der Waals surface area (Å²) in [5.41, 5.74) is 2.95. The highest BCUT2D eigenvalue weighted by Crippen LogP contribution is 2.36. The summed E-state index contributed by atoms with van der Waals surface area (Å²) in [6, 6.07) is 32.7. The molecule has 0 bridgehead atoms. The van der Waals surface area contributed by atoms with Crippen molar-refractivity contribution in [2.45, 2.75) is 105 Å². The maximum atomic E-state index is 13.6. The van der Waals surface area contributed by atoms with Gasteiger partial charge < -0.3 is 29.1 Å². The van der Waals surface area contributed by atoms with Gasteiger partial charge in [-0.1, -0.05) is 97.1 Å². The van der Waals surface area contributed by atoms with Gasteiger partial charge in [-0.25, -0.2) is 9.59 Å². The van der Waals surface area contributed by atoms with Crippen molar-refractivity contribution in [1.82, 2.24) is 19.6 Å². The summed E-state index contributed by atoms with van der Waals surface area (Å²) in [6.45, 7) is 12.7. The van der Waals surface area contributed by atoms with Crippen LogP contribution in [-0.4, -0.2) is 83.0 Å². The highest BCUT2D eigenvalue weighted by Gasteiger charge is 2.25. The zero-order valence-corrected chi connectivity index (χ0v) is 38.1. The third kappa shape index (κ3) is 10.6. The predicted molar refractivity (Wildman–Crippen MR) is 250 cm³/mol. The Labute approximate surface area is 366 Å². The Morgan fingerprint density at radius 3 is 0.806 bits per heavy atom. The molecule has 0 fully saturated rings. The molecular formula is C52H62N4O6. The molecule has 0 atom stereocenters. The number of amides is 4. The van der Waals surface area contributed by atoms with E-state index < -0.39 is 11.2 Å². The van der Waals surface area contributed by atoms with Crippen LogP contribution in [0.15, 0.2) is 97.1 Å². The molecule has 62 heavy (non-hydrogen) atoms. The maximum Gasteiger partial charge on any atom is 0.410 e. The molecule has 0 heterocycles. The van der Waals surface area contributed by atoms with Gasteiger partial charge in [-0.3, -0.25) is 9.59 Å². The highest BCUT2D eigenvalue weighted by molar-refractivity contribution is 6.07. The van der Waals surface area contributed by atoms with Crippen molar-refractivity contribution < 1.29 is 28.7 Å². The summed E-state index contributed by atoms with van der Waals surface area (Å²) in [6.07, 6.45) is 1.07. The van der Waals surface area contributed by atoms with E-state index in [1.54, 1.807) is 33.7 Å². The van der Waals surface area contributed by atoms with Gasteiger partial charge in [0.15, 0.2) is 0 Å². The second-order valence-electron chi connectivity index (χ2n) is 18.5. The van der Waals surface area contributed by atoms with Gasteiger partial charge in [0.2, 0.25) is 11.8 Å². The Morgan fingerprint density at radius 1 is 0.387 bits per heavy atom. The fraction of sp³-hybridized carbons (Fsp3) is 0.385. The molecule has 0 aromatic heterocycles. The van der Waals surface area contributed by atoms with Crippen molar-refractivity contribution in [3.05, 3.63) is 119 Å². The third-order valence-corrected chi connectivity index (χ3v) is 11.2. The van der Waals surface area contributed by atoms with E-state index in [1.807, 2.05) is 104 Å². The number of unbranched alkanes of at least 4 members (excludes halogenated alkanes) is 1. The van der Waals surface area contributed by atoms with Gasteiger partial charge in [0.05, 0.1) is 0 Å². The number of rotatable bonds is 13. The molecule has 4 amide bonds. The van der Waals surface area contributed by atoms with E-state index in [-0.39, 0.29) is 24.0 Å². The van der Waals surface area contributed by atoms with Crippen LogP contribution < -0.4 is 0 Å². The molecule has 6 aromatic rings. The molecule has 326 valence electrons. The molecule has 10 nitrogen and oxygen atoms in total. The lowest BCUT2D eigenvalue weighted by Gasteiger charge is -2.26. The number of benzene rings is 6. The van der Waals surface area contributed by atoms with Crippen molar-refractivity contribution in [1.29, 1.82) is 0 Å². The fourth-order valence-electron chi connectivity index (χ4n) is 8.17. The third-order valence-electron chi connectivity index (χ3n) is 11.2. The van der Waals surface area contributed by atoms with Crippen LogP contribution in [0.1, 0.15) is 89.5 Å². The topological polar surface area (TPSA) is 99.7 Å². The van der Waals surface area contributed by atoms with Crippen LogP contribution in [-0.2, 0) is 45.2 Å². The minimum absolute atomic E-state index is 0.0167. The lowest BCUT2D eigenvalue weighted by atomic mass is 9.91. The highest BCUT2D eigenvalue weighted by atomic mass is 16.6. The van der Waals surface area contributed by atoms with E-state index >= 15 is 0 Å². The average Bonchev–Trinajstić information content (AvgIpc) is 3.22. The van der Waals surface area contributed by atoms with Crippen LogP contribution in [0.4, 0.5) is 9.59 Å². The molecule has 0 aliphatic rings. The average molecular weight is 839 g/mol. The van der Waals surface area contributed by atoms with Crippen LogP contribution in [0.2, 0.25) is 0 Å². The Hall–Kier alpha value is -6.16. The van der Waals surface area contributed by atoms with Crippen LogP contribution >= 0.6 is 0 Å². The van der Waals surface area contributed by atoms with Crippen LogP contribution in [0.3, 0.4) is 0 Å². The van der Waals surface area contributed by atoms with Crippen molar-refractivity contribution in [3.63, 3.8) is 0 Å². The van der Waals surface area contributed by atoms with E-state index in [2.05, 4.69) is 48.5 Å². The molecule has 0 aliphatic heterocycles. The molecule has 0 radical (unpaired) electrons. The van der Waals surface area contributed by atoms with Crippen molar-refractivity contribution >= 4 is 67.1 Å². The lowest BCUT2D eigenvalue weighted by molar-refractivity contribution is -0.132. The first-order valence-corrected chi connectivity index (χ1v) is 21.5. The number of hydrogen-bond donors (Lipinski definition) is 0. The van der Waals surface area contributed by atoms with Gasteiger partial charge in [0.25, 0.3) is 0 Å². The van der Waals surface area contributed by atoms with Gasteiger partial charge in [-0.15, -0.1) is 0 Å². The van der Waals surface area contributed by atoms with Gasteiger partial charge in [-0.05, 0) is 120 Å². The number of ether oxygens (including phenoxy) is 2. The van der Waals surface area contributed by atoms with E-state index in [0.717, 1.165) is 65.3 Å². The van der Waals surface area contributed by atoms with E-state index in [9.17, 15) is 19.2 Å². The summed E-state index contributed by atoms with van der Waals surface area (Å²) in [5.74, 6) is 0.0334. The Morgan fingerprint density at radius 2 is 0.597 bits per heavy atom. The number of fused-ring (bicyclic) bond motifs is 4. The molecule has 6 rings (SSSR count). The monoisotopic (exact) mass is 838 g/mol. The zero-order valence-electron chi connectivity index (χ0n) is 38.1. The Bertz CT molecular complexity index is 2330. The summed E-state index contributed by atoms with van der Waals surface area (Å²) in [4.78, 5) is 60.0. The molecule has 6 aromatic carbocycles. The van der Waals surface area contributed by atoms with E-state index in [0.29, 0.717) is 51.9 Å². The number of carbonyl (C=O) groups excluding carboxylic acids is 4. The molecule has 0 saturated heterocycles. The van der Waals surface area contributed by atoms with Gasteiger partial charge >= 0.3 is 12.2 Å². The number of nitrogens with zero attached hydrogens (tertiary/aromatic N) is 4. The van der Waals surface area contributed by atoms with Crippen molar-refractivity contribution in [2.24, 2.45) is 0 Å². The Kier molecular flexibility index (Phi) is 13.8. The van der Waals surface area contributed by atoms with Crippen molar-refractivity contribution in [2.75, 3.05) is 28.2 Å². The SMILES string of the molecule is CN(Cc1c2ccccc2c(CN(C)C(=O)OC(C)(C)C)c2ccccc12)C(=O)CCCCC(=O)N(C)Cc1c2ccccc2c(CN(C)C(=O)OC(C)(C)C)c2ccccc12. The van der Waals surface area contributed by atoms with E-state index in [1.165, 1.54) is 0 Å². The smallest absolute Gasteiger partial charge is 0.410 e. The minimum Gasteiger partial charge on any atom is -0.444 e. The van der Waals surface area contributed by atoms with Crippen LogP contribution in [0, 0.1) is 0 Å². The first kappa shape index (κ1) is 45.4. The molecule has 0 saturated carbocycles. The predicted octanol–water partition coefficient (Wildman–Crippen LogP) is 11.2. The summed E-state index contributed by atoms with van der Waals surface area (Å²) in [7, 11) is 7.18. The van der Waals surface area contributed by atoms with Crippen LogP contribution in [0.25, 0.3) is 43.1 Å². The van der Waals surface area contributed by atoms with Gasteiger partial charge in [0.1, 0.15) is 11.2 Å². The molecule has 0 spiro atoms. The van der Waals surface area contributed by atoms with Crippen molar-refractivity contribution in [3.8, 4) is 0 Å². The molecular weight excluding hydrogens is 777 g/mol. The summed E-state index contributed by atoms with van der Waals surface area (Å²) in [5, 5.41) is 8.27. The first-order chi connectivity index (χ1) is 29.3. The molecule has 0 aliphatic carbocycles. The second kappa shape index (κ2) is 18.8. The van der Waals surface area contributed by atoms with E-state index in [4.69, 9.17) is 9.47 Å². The molecule has 0 unspecified atom stereocenters. The van der Waals surface area contributed by atoms with Gasteiger partial charge in [0, 0.05) is 67.2 Å². The maximum absolute atomic E-state index is 13.6. The largest absolute Gasteiger partial charge is 0.444 e. The quantitative estimate of drug-likeness (QED) is 0.0848. The van der Waals surface area contributed by atoms with Gasteiger partial charge in [-0.2, -0.15) is 0 Å².